The zero-order chi connectivity index (χ0) is 91.1. The SMILES string of the molecule is COC[C@H](O)C(=O)N1CC[C@H](Oc2ccc(-c3nccc(Nc4ccc(N5CCN(C6COC6)CC5)cc4)n3)cc2C#N)[C@H](F)C1.C[C@H](O)C(=O)N1CC[C@H](Oc2ccc(-c3nccc(Nc4ccc([C@H]5CCCN5)cc4)n3)cc2C#N)[C@H](F)C1.N#Cc1cc(-c2nccc(Nc3ccc(N4CCN(C5COC5)CC4)cc3)n2)ccc1O[C@H]1CCN(C(=O)C2(O)CNC2)C[C@H]1F. The number of carbonyl (C=O) groups excluding carboxylic acids is 3. The van der Waals surface area contributed by atoms with E-state index in [1.165, 1.54) is 52.1 Å². The van der Waals surface area contributed by atoms with E-state index in [1.807, 2.05) is 36.4 Å². The summed E-state index contributed by atoms with van der Waals surface area (Å²) < 4.78 is 78.1. The topological polar surface area (TPSA) is 399 Å². The number of hydrogen-bond acceptors (Lipinski definition) is 30. The number of nitrogens with one attached hydrogen (secondary N) is 5. The van der Waals surface area contributed by atoms with Crippen LogP contribution in [0.15, 0.2) is 164 Å². The highest BCUT2D eigenvalue weighted by Crippen LogP contribution is 2.36. The van der Waals surface area contributed by atoms with Crippen LogP contribution in [0.25, 0.3) is 34.2 Å². The van der Waals surface area contributed by atoms with Gasteiger partial charge in [-0.2, -0.15) is 15.8 Å². The molecule has 684 valence electrons. The molecule has 9 aromatic rings. The number of benzene rings is 6. The largest absolute Gasteiger partial charge is 0.486 e. The van der Waals surface area contributed by atoms with Crippen molar-refractivity contribution in [1.82, 2.24) is 65.0 Å². The number of aliphatic hydroxyl groups is 3. The molecule has 12 heterocycles. The Bertz CT molecular complexity index is 5570. The first-order valence-electron chi connectivity index (χ1n) is 44.4. The van der Waals surface area contributed by atoms with E-state index in [2.05, 4.69) is 131 Å². The van der Waals surface area contributed by atoms with Gasteiger partial charge >= 0.3 is 0 Å². The van der Waals surface area contributed by atoms with Crippen molar-refractivity contribution >= 4 is 63.6 Å². The fourth-order valence-corrected chi connectivity index (χ4v) is 17.2. The lowest BCUT2D eigenvalue weighted by atomic mass is 9.93. The first-order valence-corrected chi connectivity index (χ1v) is 44.4. The maximum Gasteiger partial charge on any atom is 0.257 e. The van der Waals surface area contributed by atoms with Crippen molar-refractivity contribution in [1.29, 1.82) is 15.8 Å². The predicted molar refractivity (Wildman–Crippen MR) is 481 cm³/mol. The number of aliphatic hydroxyl groups excluding tert-OH is 2. The number of carbonyl (C=O) groups is 3. The molecule has 0 unspecified atom stereocenters. The number of piperazine rings is 2. The number of methoxy groups -OCH3 is 1. The minimum Gasteiger partial charge on any atom is -0.486 e. The number of likely N-dealkylation sites (tertiary alicyclic amines) is 3. The molecular formula is C95H106F3N21O12. The molecular weight excluding hydrogens is 1680 g/mol. The molecule has 131 heavy (non-hydrogen) atoms. The van der Waals surface area contributed by atoms with E-state index in [4.69, 9.17) is 28.4 Å². The Kier molecular flexibility index (Phi) is 29.6. The normalized spacial score (nSPS) is 22.1. The number of halogens is 3. The van der Waals surface area contributed by atoms with Gasteiger partial charge in [0.05, 0.1) is 81.4 Å². The standard InChI is InChI=1S/C33H37FN8O4.C33H38FN7O5.C29H31FN6O3/c34-27-17-42(32(43)33(44)20-36-21-33)10-8-29(27)46-28-6-1-22(15-23(28)16-35)31-37-9-7-30(39-31)38-24-2-4-25(5-3-24)40-11-13-41(14-12-40)26-18-45-19-26;1-44-21-28(42)33(43)41-11-9-30(27(34)18-41)46-29-7-2-22(16-23(29)17-35)32-36-10-8-31(38-32)37-24-3-5-25(6-4-24)39-12-14-40(15-13-39)26-19-45-20-26;1-18(37)29(38)36-14-11-26(23(30)17-36)39-25-9-6-20(15-21(25)16-31)28-33-13-10-27(35-28)34-22-7-4-19(5-8-22)24-3-2-12-32-24/h1-7,9,15,26-27,29,36,44H,8,10-14,17-21H2,(H,37,38,39);2-8,10,16,26-28,30,42H,9,11-15,18-21H2,1H3,(H,36,37,38);4-10,13,15,18,23-24,26,32,37H,2-3,11-12,14,17H2,1H3,(H,33,34,35)/t27-,29+;27-,28+,30+;18-,23+,24+,26-/m110/s1. The van der Waals surface area contributed by atoms with E-state index in [0.717, 1.165) is 109 Å². The highest BCUT2D eigenvalue weighted by molar-refractivity contribution is 5.87. The van der Waals surface area contributed by atoms with Crippen LogP contribution in [0.3, 0.4) is 0 Å². The van der Waals surface area contributed by atoms with Crippen LogP contribution in [0.5, 0.6) is 17.2 Å². The van der Waals surface area contributed by atoms with Crippen LogP contribution in [0.1, 0.15) is 67.3 Å². The van der Waals surface area contributed by atoms with E-state index in [9.17, 15) is 49.9 Å². The highest BCUT2D eigenvalue weighted by atomic mass is 19.1. The second kappa shape index (κ2) is 42.4. The molecule has 0 radical (unpaired) electrons. The lowest BCUT2D eigenvalue weighted by Crippen LogP contribution is -2.69. The van der Waals surface area contributed by atoms with Crippen molar-refractivity contribution in [2.75, 3.05) is 177 Å². The molecule has 8 N–H and O–H groups in total. The molecule has 18 rings (SSSR count). The van der Waals surface area contributed by atoms with Gasteiger partial charge in [-0.15, -0.1) is 0 Å². The lowest BCUT2D eigenvalue weighted by Gasteiger charge is -2.43. The van der Waals surface area contributed by atoms with Crippen LogP contribution >= 0.6 is 0 Å². The molecule has 9 fully saturated rings. The van der Waals surface area contributed by atoms with Crippen molar-refractivity contribution in [2.45, 2.75) is 112 Å². The zero-order valence-electron chi connectivity index (χ0n) is 72.8. The molecule has 3 amide bonds. The van der Waals surface area contributed by atoms with E-state index in [-0.39, 0.29) is 112 Å². The first-order chi connectivity index (χ1) is 63.7. The number of amides is 3. The third kappa shape index (κ3) is 22.5. The number of anilines is 8. The average molecular weight is 1790 g/mol. The molecule has 0 bridgehead atoms. The molecule has 0 aliphatic carbocycles. The van der Waals surface area contributed by atoms with Crippen LogP contribution in [0.2, 0.25) is 0 Å². The number of alkyl halides is 3. The van der Waals surface area contributed by atoms with Gasteiger partial charge in [-0.25, -0.2) is 43.1 Å². The molecule has 6 aromatic carbocycles. The zero-order valence-corrected chi connectivity index (χ0v) is 72.8. The smallest absolute Gasteiger partial charge is 0.257 e. The van der Waals surface area contributed by atoms with E-state index in [0.29, 0.717) is 69.7 Å². The van der Waals surface area contributed by atoms with Crippen LogP contribution in [0.4, 0.5) is 59.1 Å². The minimum absolute atomic E-state index is 0.157. The third-order valence-corrected chi connectivity index (χ3v) is 25.0. The van der Waals surface area contributed by atoms with Gasteiger partial charge in [0, 0.05) is 181 Å². The summed E-state index contributed by atoms with van der Waals surface area (Å²) in [5.41, 5.74) is 7.42. The summed E-state index contributed by atoms with van der Waals surface area (Å²) >= 11 is 0. The Hall–Kier alpha value is -12.8. The summed E-state index contributed by atoms with van der Waals surface area (Å²) in [6.45, 7) is 14.3. The summed E-state index contributed by atoms with van der Waals surface area (Å²) in [5.74, 6) is 2.32. The van der Waals surface area contributed by atoms with Crippen LogP contribution < -0.4 is 50.6 Å². The van der Waals surface area contributed by atoms with Crippen molar-refractivity contribution in [3.63, 3.8) is 0 Å². The number of rotatable bonds is 25. The third-order valence-electron chi connectivity index (χ3n) is 25.0. The number of ether oxygens (including phenoxy) is 6. The van der Waals surface area contributed by atoms with E-state index in [1.54, 1.807) is 91.4 Å². The van der Waals surface area contributed by atoms with Crippen molar-refractivity contribution in [3.05, 3.63) is 186 Å². The fraction of sp³-hybridized carbons (Fsp3) is 0.432. The lowest BCUT2D eigenvalue weighted by molar-refractivity contribution is -0.160. The second-order valence-electron chi connectivity index (χ2n) is 33.9. The van der Waals surface area contributed by atoms with Crippen LogP contribution in [-0.2, 0) is 28.6 Å². The summed E-state index contributed by atoms with van der Waals surface area (Å²) in [5, 5.41) is 75.5. The van der Waals surface area contributed by atoms with Gasteiger partial charge in [-0.1, -0.05) is 12.1 Å². The number of β-amino-alcohol motifs (C(OH)–C–C–N with tert-alkyl or cyclic N) is 1. The molecule has 9 saturated heterocycles. The molecule has 9 aliphatic rings. The van der Waals surface area contributed by atoms with Crippen molar-refractivity contribution in [3.8, 4) is 69.6 Å². The van der Waals surface area contributed by atoms with Crippen molar-refractivity contribution in [2.24, 2.45) is 0 Å². The van der Waals surface area contributed by atoms with Crippen LogP contribution in [-0.4, -0.2) is 306 Å². The minimum atomic E-state index is -1.49. The van der Waals surface area contributed by atoms with E-state index < -0.39 is 72.4 Å². The highest BCUT2D eigenvalue weighted by Gasteiger charge is 2.47. The average Bonchev–Trinajstić information content (AvgIpc) is 1.67. The van der Waals surface area contributed by atoms with Gasteiger partial charge in [0.25, 0.3) is 17.7 Å². The number of piperidine rings is 3. The first kappa shape index (κ1) is 91.5. The molecule has 0 spiro atoms. The van der Waals surface area contributed by atoms with Gasteiger partial charge in [-0.05, 0) is 165 Å². The fourth-order valence-electron chi connectivity index (χ4n) is 17.2. The Labute approximate surface area is 757 Å². The quantitative estimate of drug-likeness (QED) is 0.0266. The predicted octanol–water partition coefficient (Wildman–Crippen LogP) is 8.42. The molecule has 33 nitrogen and oxygen atoms in total. The molecule has 0 saturated carbocycles. The summed E-state index contributed by atoms with van der Waals surface area (Å²) in [7, 11) is 1.38. The van der Waals surface area contributed by atoms with Gasteiger partial charge in [0.2, 0.25) is 0 Å². The second-order valence-corrected chi connectivity index (χ2v) is 33.9. The van der Waals surface area contributed by atoms with Gasteiger partial charge < -0.3 is 94.8 Å². The number of nitriles is 3. The van der Waals surface area contributed by atoms with Gasteiger partial charge in [-0.3, -0.25) is 24.2 Å². The molecule has 3 aromatic heterocycles. The van der Waals surface area contributed by atoms with E-state index >= 15 is 8.78 Å². The Morgan fingerprint density at radius 1 is 0.511 bits per heavy atom. The molecule has 9 atom stereocenters. The van der Waals surface area contributed by atoms with Crippen LogP contribution in [0, 0.1) is 34.0 Å². The number of nitrogens with zero attached hydrogens (tertiary/aromatic N) is 16. The Morgan fingerprint density at radius 2 is 0.893 bits per heavy atom. The van der Waals surface area contributed by atoms with Gasteiger partial charge in [0.1, 0.15) is 77.3 Å². The molecule has 36 heteroatoms. The van der Waals surface area contributed by atoms with Gasteiger partial charge in [0.15, 0.2) is 47.7 Å². The summed E-state index contributed by atoms with van der Waals surface area (Å²) in [6, 6.07) is 53.1. The summed E-state index contributed by atoms with van der Waals surface area (Å²) in [6.07, 6.45) is -1.38. The molecule has 9 aliphatic heterocycles. The summed E-state index contributed by atoms with van der Waals surface area (Å²) in [4.78, 5) is 77.7. The monoisotopic (exact) mass is 1790 g/mol. The number of aromatic nitrogens is 6. The Morgan fingerprint density at radius 3 is 1.23 bits per heavy atom. The van der Waals surface area contributed by atoms with Crippen molar-refractivity contribution < 1.29 is 71.3 Å². The number of hydrogen-bond donors (Lipinski definition) is 8. The maximum absolute atomic E-state index is 15.1. The Balaban J connectivity index is 0.000000144. The maximum atomic E-state index is 15.1.